The van der Waals surface area contributed by atoms with Crippen LogP contribution in [0.2, 0.25) is 0 Å². The highest BCUT2D eigenvalue weighted by Gasteiger charge is 2.31. The van der Waals surface area contributed by atoms with E-state index < -0.39 is 0 Å². The summed E-state index contributed by atoms with van der Waals surface area (Å²) in [5, 5.41) is 14.3. The predicted octanol–water partition coefficient (Wildman–Crippen LogP) is 1.48. The van der Waals surface area contributed by atoms with Crippen molar-refractivity contribution in [2.24, 2.45) is 0 Å². The third kappa shape index (κ3) is 3.81. The van der Waals surface area contributed by atoms with Crippen LogP contribution in [0.15, 0.2) is 16.8 Å². The summed E-state index contributed by atoms with van der Waals surface area (Å²) in [4.78, 5) is 28.3. The maximum atomic E-state index is 12.3. The number of hydrogen-bond donors (Lipinski definition) is 2. The van der Waals surface area contributed by atoms with Crippen molar-refractivity contribution in [1.29, 1.82) is 0 Å². The molecule has 1 aliphatic heterocycles. The van der Waals surface area contributed by atoms with Crippen LogP contribution in [0.3, 0.4) is 0 Å². The first-order valence-corrected chi connectivity index (χ1v) is 8.96. The second-order valence-electron chi connectivity index (χ2n) is 5.99. The molecule has 2 atom stereocenters. The maximum absolute atomic E-state index is 12.3. The average Bonchev–Trinajstić information content (AvgIpc) is 3.17. The molecule has 2 aromatic heterocycles. The van der Waals surface area contributed by atoms with E-state index in [1.807, 2.05) is 30.7 Å². The minimum atomic E-state index is -0.156. The molecular formula is C16H21N5O2S. The Bertz CT molecular complexity index is 725. The lowest BCUT2D eigenvalue weighted by atomic mass is 9.93. The number of hydrogen-bond acceptors (Lipinski definition) is 5. The predicted molar refractivity (Wildman–Crippen MR) is 90.5 cm³/mol. The first-order valence-electron chi connectivity index (χ1n) is 8.02. The van der Waals surface area contributed by atoms with Crippen LogP contribution in [-0.4, -0.2) is 32.6 Å². The number of amides is 2. The van der Waals surface area contributed by atoms with Gasteiger partial charge in [-0.05, 0) is 42.7 Å². The van der Waals surface area contributed by atoms with Crippen LogP contribution < -0.4 is 10.6 Å². The van der Waals surface area contributed by atoms with Gasteiger partial charge in [-0.1, -0.05) is 0 Å². The zero-order chi connectivity index (χ0) is 17.1. The van der Waals surface area contributed by atoms with Gasteiger partial charge >= 0.3 is 0 Å². The molecule has 0 unspecified atom stereocenters. The molecule has 7 nitrogen and oxygen atoms in total. The van der Waals surface area contributed by atoms with Gasteiger partial charge in [0, 0.05) is 12.8 Å². The third-order valence-electron chi connectivity index (χ3n) is 4.16. The molecule has 3 heterocycles. The van der Waals surface area contributed by atoms with Crippen molar-refractivity contribution in [3.05, 3.63) is 34.0 Å². The minimum absolute atomic E-state index is 0.0328. The molecule has 0 radical (unpaired) electrons. The minimum Gasteiger partial charge on any atom is -0.351 e. The molecule has 0 aromatic carbocycles. The molecule has 1 saturated heterocycles. The molecule has 0 spiro atoms. The quantitative estimate of drug-likeness (QED) is 0.857. The van der Waals surface area contributed by atoms with Gasteiger partial charge in [-0.2, -0.15) is 16.4 Å². The van der Waals surface area contributed by atoms with Crippen molar-refractivity contribution in [3.63, 3.8) is 0 Å². The molecule has 0 aliphatic carbocycles. The number of nitrogens with one attached hydrogen (secondary N) is 2. The highest BCUT2D eigenvalue weighted by molar-refractivity contribution is 7.08. The Hall–Kier alpha value is -2.22. The van der Waals surface area contributed by atoms with E-state index in [4.69, 9.17) is 0 Å². The average molecular weight is 347 g/mol. The summed E-state index contributed by atoms with van der Waals surface area (Å²) < 4.78 is 1.74. The highest BCUT2D eigenvalue weighted by atomic mass is 32.1. The Morgan fingerprint density at radius 2 is 2.33 bits per heavy atom. The van der Waals surface area contributed by atoms with Crippen molar-refractivity contribution < 1.29 is 9.59 Å². The van der Waals surface area contributed by atoms with Crippen molar-refractivity contribution in [1.82, 2.24) is 25.4 Å². The fourth-order valence-electron chi connectivity index (χ4n) is 2.98. The number of rotatable bonds is 5. The molecule has 0 saturated carbocycles. The molecule has 0 bridgehead atoms. The van der Waals surface area contributed by atoms with Crippen molar-refractivity contribution >= 4 is 23.2 Å². The molecule has 128 valence electrons. The third-order valence-corrected chi connectivity index (χ3v) is 4.86. The number of piperidine rings is 1. The Morgan fingerprint density at radius 3 is 3.00 bits per heavy atom. The van der Waals surface area contributed by atoms with Crippen LogP contribution in [0.5, 0.6) is 0 Å². The summed E-state index contributed by atoms with van der Waals surface area (Å²) in [6, 6.07) is 1.75. The molecule has 2 aromatic rings. The van der Waals surface area contributed by atoms with Crippen molar-refractivity contribution in [3.8, 4) is 0 Å². The van der Waals surface area contributed by atoms with Gasteiger partial charge in [-0.25, -0.2) is 9.67 Å². The van der Waals surface area contributed by atoms with Crippen LogP contribution in [0.1, 0.15) is 42.5 Å². The molecule has 1 fully saturated rings. The van der Waals surface area contributed by atoms with E-state index in [1.54, 1.807) is 16.0 Å². The highest BCUT2D eigenvalue weighted by Crippen LogP contribution is 2.26. The summed E-state index contributed by atoms with van der Waals surface area (Å²) in [7, 11) is 0. The zero-order valence-corrected chi connectivity index (χ0v) is 14.6. The van der Waals surface area contributed by atoms with E-state index in [0.717, 1.165) is 11.4 Å². The molecular weight excluding hydrogens is 326 g/mol. The van der Waals surface area contributed by atoms with E-state index in [0.29, 0.717) is 31.6 Å². The van der Waals surface area contributed by atoms with Gasteiger partial charge in [0.15, 0.2) is 0 Å². The second-order valence-corrected chi connectivity index (χ2v) is 6.77. The number of carbonyl (C=O) groups is 2. The van der Waals surface area contributed by atoms with E-state index >= 15 is 0 Å². The van der Waals surface area contributed by atoms with Gasteiger partial charge in [0.05, 0.1) is 18.6 Å². The van der Waals surface area contributed by atoms with Gasteiger partial charge in [0.2, 0.25) is 11.8 Å². The monoisotopic (exact) mass is 347 g/mol. The summed E-state index contributed by atoms with van der Waals surface area (Å²) in [6.45, 7) is 4.21. The summed E-state index contributed by atoms with van der Waals surface area (Å²) >= 11 is 1.58. The van der Waals surface area contributed by atoms with Crippen molar-refractivity contribution in [2.45, 2.75) is 51.7 Å². The lowest BCUT2D eigenvalue weighted by Crippen LogP contribution is -2.50. The molecule has 2 amide bonds. The van der Waals surface area contributed by atoms with Gasteiger partial charge in [0.1, 0.15) is 11.6 Å². The zero-order valence-electron chi connectivity index (χ0n) is 13.8. The van der Waals surface area contributed by atoms with Gasteiger partial charge in [-0.3, -0.25) is 9.59 Å². The topological polar surface area (TPSA) is 88.9 Å². The van der Waals surface area contributed by atoms with Crippen LogP contribution in [0.4, 0.5) is 0 Å². The second kappa shape index (κ2) is 7.12. The standard InChI is InChI=1S/C16H21N5O2S/c1-10-17-11(2)21(20-10)7-5-15(23)18-13-3-4-14(22)19-16(13)12-6-8-24-9-12/h6,8-9,13,16H,3-5,7H2,1-2H3,(H,18,23)(H,19,22)/t13-,16+/m1/s1. The summed E-state index contributed by atoms with van der Waals surface area (Å²) in [6.07, 6.45) is 1.43. The largest absolute Gasteiger partial charge is 0.351 e. The lowest BCUT2D eigenvalue weighted by molar-refractivity contribution is -0.127. The number of carbonyl (C=O) groups excluding carboxylic acids is 2. The first-order chi connectivity index (χ1) is 11.5. The Labute approximate surface area is 144 Å². The summed E-state index contributed by atoms with van der Waals surface area (Å²) in [5.41, 5.74) is 1.04. The van der Waals surface area contributed by atoms with Gasteiger partial charge < -0.3 is 10.6 Å². The number of thiophene rings is 1. The summed E-state index contributed by atoms with van der Waals surface area (Å²) in [5.74, 6) is 1.51. The van der Waals surface area contributed by atoms with Crippen LogP contribution >= 0.6 is 11.3 Å². The molecule has 24 heavy (non-hydrogen) atoms. The SMILES string of the molecule is Cc1nc(C)n(CCC(=O)N[C@@H]2CCC(=O)N[C@H]2c2ccsc2)n1. The fraction of sp³-hybridized carbons (Fsp3) is 0.500. The van der Waals surface area contributed by atoms with Gasteiger partial charge in [-0.15, -0.1) is 0 Å². The first kappa shape index (κ1) is 16.6. The Balaban J connectivity index is 1.59. The van der Waals surface area contributed by atoms with E-state index in [-0.39, 0.29) is 23.9 Å². The van der Waals surface area contributed by atoms with Gasteiger partial charge in [0.25, 0.3) is 0 Å². The molecule has 8 heteroatoms. The molecule has 2 N–H and O–H groups in total. The maximum Gasteiger partial charge on any atom is 0.222 e. The smallest absolute Gasteiger partial charge is 0.222 e. The van der Waals surface area contributed by atoms with Crippen LogP contribution in [0.25, 0.3) is 0 Å². The molecule has 1 aliphatic rings. The Kier molecular flexibility index (Phi) is 4.94. The molecule has 3 rings (SSSR count). The number of nitrogens with zero attached hydrogens (tertiary/aromatic N) is 3. The lowest BCUT2D eigenvalue weighted by Gasteiger charge is -2.32. The number of aromatic nitrogens is 3. The fourth-order valence-corrected chi connectivity index (χ4v) is 3.68. The van der Waals surface area contributed by atoms with Crippen LogP contribution in [0, 0.1) is 13.8 Å². The number of aryl methyl sites for hydroxylation is 3. The van der Waals surface area contributed by atoms with E-state index in [9.17, 15) is 9.59 Å². The normalized spacial score (nSPS) is 20.7. The van der Waals surface area contributed by atoms with Crippen LogP contribution in [-0.2, 0) is 16.1 Å². The van der Waals surface area contributed by atoms with E-state index in [2.05, 4.69) is 20.7 Å². The van der Waals surface area contributed by atoms with E-state index in [1.165, 1.54) is 0 Å². The Morgan fingerprint density at radius 1 is 1.50 bits per heavy atom. The van der Waals surface area contributed by atoms with Crippen molar-refractivity contribution in [2.75, 3.05) is 0 Å².